The minimum absolute atomic E-state index is 0.211. The average Bonchev–Trinajstić information content (AvgIpc) is 2.75. The number of furan rings is 1. The Hall–Kier alpha value is -1.29. The van der Waals surface area contributed by atoms with Crippen LogP contribution in [0.3, 0.4) is 0 Å². The van der Waals surface area contributed by atoms with Gasteiger partial charge in [-0.1, -0.05) is 31.3 Å². The van der Waals surface area contributed by atoms with Crippen molar-refractivity contribution in [2.45, 2.75) is 59.4 Å². The van der Waals surface area contributed by atoms with Crippen LogP contribution in [0.1, 0.15) is 45.3 Å². The van der Waals surface area contributed by atoms with E-state index in [0.29, 0.717) is 0 Å². The average molecular weight is 294 g/mol. The van der Waals surface area contributed by atoms with E-state index < -0.39 is 8.07 Å². The summed E-state index contributed by atoms with van der Waals surface area (Å²) in [6, 6.07) is 2.06. The second-order valence-electron chi connectivity index (χ2n) is 6.45. The zero-order chi connectivity index (χ0) is 15.3. The maximum absolute atomic E-state index is 11.3. The van der Waals surface area contributed by atoms with Crippen molar-refractivity contribution in [1.29, 1.82) is 0 Å². The molecule has 4 heteroatoms. The molecule has 0 radical (unpaired) electrons. The normalized spacial score (nSPS) is 12.9. The fourth-order valence-corrected chi connectivity index (χ4v) is 2.94. The Balaban J connectivity index is 2.84. The third-order valence-electron chi connectivity index (χ3n) is 3.02. The van der Waals surface area contributed by atoms with Crippen LogP contribution < -0.4 is 5.38 Å². The Labute approximate surface area is 123 Å². The lowest BCUT2D eigenvalue weighted by Crippen LogP contribution is -2.36. The summed E-state index contributed by atoms with van der Waals surface area (Å²) in [5, 5.41) is 1.05. The molecule has 1 unspecified atom stereocenters. The van der Waals surface area contributed by atoms with Gasteiger partial charge in [0.15, 0.2) is 0 Å². The van der Waals surface area contributed by atoms with E-state index >= 15 is 0 Å². The minimum Gasteiger partial charge on any atom is -0.474 e. The zero-order valence-electron chi connectivity index (χ0n) is 13.4. The molecule has 0 amide bonds. The van der Waals surface area contributed by atoms with E-state index in [9.17, 15) is 4.79 Å². The molecule has 20 heavy (non-hydrogen) atoms. The fraction of sp³-hybridized carbons (Fsp3) is 0.562. The Morgan fingerprint density at radius 1 is 1.35 bits per heavy atom. The molecule has 1 aromatic heterocycles. The number of allylic oxidation sites excluding steroid dienone is 2. The molecule has 1 rings (SSSR count). The van der Waals surface area contributed by atoms with Crippen molar-refractivity contribution >= 4 is 19.4 Å². The topological polar surface area (TPSA) is 39.4 Å². The highest BCUT2D eigenvalue weighted by Gasteiger charge is 2.24. The highest BCUT2D eigenvalue weighted by atomic mass is 28.3. The summed E-state index contributed by atoms with van der Waals surface area (Å²) in [4.78, 5) is 11.3. The van der Waals surface area contributed by atoms with Crippen molar-refractivity contribution in [2.24, 2.45) is 0 Å². The standard InChI is InChI=1S/C16H26O3Si/c1-12(2)8-7-9-15(19-13(3)17)14-10-16(18-11-14)20(4,5)6/h8,10-11,15H,7,9H2,1-6H3. The van der Waals surface area contributed by atoms with Gasteiger partial charge >= 0.3 is 5.97 Å². The molecule has 0 bridgehead atoms. The molecule has 0 aromatic carbocycles. The SMILES string of the molecule is CC(=O)OC(CCC=C(C)C)c1coc([Si](C)(C)C)c1. The Morgan fingerprint density at radius 3 is 2.45 bits per heavy atom. The third kappa shape index (κ3) is 5.37. The van der Waals surface area contributed by atoms with Crippen molar-refractivity contribution in [1.82, 2.24) is 0 Å². The molecular weight excluding hydrogens is 268 g/mol. The van der Waals surface area contributed by atoms with Gasteiger partial charge in [0.05, 0.1) is 11.6 Å². The molecule has 0 aliphatic heterocycles. The molecule has 0 spiro atoms. The van der Waals surface area contributed by atoms with Gasteiger partial charge in [-0.05, 0) is 32.8 Å². The number of carbonyl (C=O) groups is 1. The number of hydrogen-bond donors (Lipinski definition) is 0. The van der Waals surface area contributed by atoms with Crippen molar-refractivity contribution in [3.63, 3.8) is 0 Å². The summed E-state index contributed by atoms with van der Waals surface area (Å²) in [6.07, 6.45) is 5.38. The maximum Gasteiger partial charge on any atom is 0.303 e. The van der Waals surface area contributed by atoms with Crippen LogP contribution in [0.15, 0.2) is 28.4 Å². The summed E-state index contributed by atoms with van der Waals surface area (Å²) < 4.78 is 11.1. The Morgan fingerprint density at radius 2 is 2.00 bits per heavy atom. The number of carbonyl (C=O) groups excluding carboxylic acids is 1. The molecule has 1 aromatic rings. The van der Waals surface area contributed by atoms with Crippen LogP contribution in [0.2, 0.25) is 19.6 Å². The van der Waals surface area contributed by atoms with Crippen molar-refractivity contribution in [3.8, 4) is 0 Å². The second kappa shape index (κ2) is 6.93. The first-order chi connectivity index (χ1) is 9.20. The molecule has 0 aliphatic rings. The lowest BCUT2D eigenvalue weighted by molar-refractivity contribution is -0.147. The summed E-state index contributed by atoms with van der Waals surface area (Å²) >= 11 is 0. The molecule has 1 atom stereocenters. The summed E-state index contributed by atoms with van der Waals surface area (Å²) in [6.45, 7) is 12.3. The van der Waals surface area contributed by atoms with Gasteiger partial charge in [-0.15, -0.1) is 0 Å². The van der Waals surface area contributed by atoms with Crippen LogP contribution in [-0.2, 0) is 9.53 Å². The van der Waals surface area contributed by atoms with Crippen LogP contribution in [0.25, 0.3) is 0 Å². The van der Waals surface area contributed by atoms with Crippen LogP contribution >= 0.6 is 0 Å². The van der Waals surface area contributed by atoms with Gasteiger partial charge in [0.1, 0.15) is 14.2 Å². The molecule has 0 N–H and O–H groups in total. The van der Waals surface area contributed by atoms with Crippen molar-refractivity contribution in [3.05, 3.63) is 29.5 Å². The van der Waals surface area contributed by atoms with Gasteiger partial charge in [-0.25, -0.2) is 0 Å². The highest BCUT2D eigenvalue weighted by Crippen LogP contribution is 2.24. The first-order valence-corrected chi connectivity index (χ1v) is 10.6. The number of hydrogen-bond acceptors (Lipinski definition) is 3. The largest absolute Gasteiger partial charge is 0.474 e. The molecule has 0 fully saturated rings. The van der Waals surface area contributed by atoms with Gasteiger partial charge in [0.2, 0.25) is 0 Å². The van der Waals surface area contributed by atoms with E-state index in [1.807, 2.05) is 0 Å². The van der Waals surface area contributed by atoms with E-state index in [1.165, 1.54) is 12.5 Å². The van der Waals surface area contributed by atoms with Gasteiger partial charge in [0.25, 0.3) is 0 Å². The van der Waals surface area contributed by atoms with Crippen LogP contribution in [-0.4, -0.2) is 14.0 Å². The van der Waals surface area contributed by atoms with Crippen LogP contribution in [0, 0.1) is 0 Å². The summed E-state index contributed by atoms with van der Waals surface area (Å²) in [7, 11) is -1.47. The monoisotopic (exact) mass is 294 g/mol. The molecule has 0 saturated carbocycles. The number of esters is 1. The van der Waals surface area contributed by atoms with E-state index in [1.54, 1.807) is 6.26 Å². The Kier molecular flexibility index (Phi) is 5.81. The van der Waals surface area contributed by atoms with Gasteiger partial charge in [-0.2, -0.15) is 0 Å². The van der Waals surface area contributed by atoms with Crippen molar-refractivity contribution < 1.29 is 13.9 Å². The number of rotatable bonds is 6. The molecule has 3 nitrogen and oxygen atoms in total. The second-order valence-corrected chi connectivity index (χ2v) is 11.4. The van der Waals surface area contributed by atoms with E-state index in [4.69, 9.17) is 9.15 Å². The quantitative estimate of drug-likeness (QED) is 0.449. The lowest BCUT2D eigenvalue weighted by Gasteiger charge is -2.15. The molecule has 1 heterocycles. The first-order valence-electron chi connectivity index (χ1n) is 7.09. The van der Waals surface area contributed by atoms with Crippen LogP contribution in [0.4, 0.5) is 0 Å². The smallest absolute Gasteiger partial charge is 0.303 e. The molecule has 0 saturated heterocycles. The molecular formula is C16H26O3Si. The third-order valence-corrected chi connectivity index (χ3v) is 4.76. The maximum atomic E-state index is 11.3. The van der Waals surface area contributed by atoms with E-state index in [2.05, 4.69) is 45.6 Å². The van der Waals surface area contributed by atoms with E-state index in [-0.39, 0.29) is 12.1 Å². The van der Waals surface area contributed by atoms with E-state index in [0.717, 1.165) is 23.8 Å². The lowest BCUT2D eigenvalue weighted by atomic mass is 10.1. The van der Waals surface area contributed by atoms with Gasteiger partial charge in [-0.3, -0.25) is 4.79 Å². The van der Waals surface area contributed by atoms with Gasteiger partial charge in [0, 0.05) is 12.5 Å². The van der Waals surface area contributed by atoms with Crippen molar-refractivity contribution in [2.75, 3.05) is 0 Å². The minimum atomic E-state index is -1.47. The number of ether oxygens (including phenoxy) is 1. The fourth-order valence-electron chi connectivity index (χ4n) is 1.93. The first kappa shape index (κ1) is 16.8. The predicted octanol–water partition coefficient (Wildman–Crippen LogP) is 4.18. The highest BCUT2D eigenvalue weighted by molar-refractivity contribution is 6.87. The molecule has 0 aliphatic carbocycles. The molecule has 112 valence electrons. The van der Waals surface area contributed by atoms with Gasteiger partial charge < -0.3 is 9.15 Å². The zero-order valence-corrected chi connectivity index (χ0v) is 14.4. The predicted molar refractivity (Wildman–Crippen MR) is 84.9 cm³/mol. The summed E-state index contributed by atoms with van der Waals surface area (Å²) in [5.41, 5.74) is 2.25. The van der Waals surface area contributed by atoms with Crippen LogP contribution in [0.5, 0.6) is 0 Å². The Bertz CT molecular complexity index is 476. The summed E-state index contributed by atoms with van der Waals surface area (Å²) in [5.74, 6) is -0.247.